The fourth-order valence-electron chi connectivity index (χ4n) is 4.76. The highest BCUT2D eigenvalue weighted by molar-refractivity contribution is 5.70. The summed E-state index contributed by atoms with van der Waals surface area (Å²) in [6.45, 7) is 9.73. The third-order valence-corrected chi connectivity index (χ3v) is 6.94. The molecular formula is C29H40FNO4. The number of hydrogen-bond donors (Lipinski definition) is 1. The summed E-state index contributed by atoms with van der Waals surface area (Å²) < 4.78 is 24.9. The summed E-state index contributed by atoms with van der Waals surface area (Å²) in [4.78, 5) is 14.0. The minimum Gasteiger partial charge on any atom is -0.466 e. The lowest BCUT2D eigenvalue weighted by Crippen LogP contribution is -2.39. The quantitative estimate of drug-likeness (QED) is 0.412. The number of aliphatic hydroxyl groups is 1. The fourth-order valence-corrected chi connectivity index (χ4v) is 4.76. The maximum absolute atomic E-state index is 13.9. The summed E-state index contributed by atoms with van der Waals surface area (Å²) in [5.74, 6) is -0.247. The van der Waals surface area contributed by atoms with Crippen LogP contribution in [-0.4, -0.2) is 54.4 Å². The van der Waals surface area contributed by atoms with Crippen LogP contribution in [0.1, 0.15) is 74.3 Å². The molecule has 35 heavy (non-hydrogen) atoms. The van der Waals surface area contributed by atoms with Crippen LogP contribution in [0.25, 0.3) is 0 Å². The zero-order valence-electron chi connectivity index (χ0n) is 21.5. The second kappa shape index (κ2) is 13.1. The summed E-state index contributed by atoms with van der Waals surface area (Å²) in [7, 11) is 0. The summed E-state index contributed by atoms with van der Waals surface area (Å²) in [5.41, 5.74) is 3.79. The molecule has 0 aromatic heterocycles. The maximum atomic E-state index is 13.9. The third-order valence-electron chi connectivity index (χ3n) is 6.94. The molecule has 2 aromatic carbocycles. The van der Waals surface area contributed by atoms with Crippen molar-refractivity contribution in [2.24, 2.45) is 0 Å². The number of β-amino-alcohol motifs (C(OH)–C–C–N with tert-alkyl or cyclic N) is 1. The summed E-state index contributed by atoms with van der Waals surface area (Å²) in [6.07, 6.45) is 2.56. The first-order valence-electron chi connectivity index (χ1n) is 12.8. The summed E-state index contributed by atoms with van der Waals surface area (Å²) in [6, 6.07) is 13.9. The van der Waals surface area contributed by atoms with Crippen molar-refractivity contribution >= 4 is 5.97 Å². The average molecular weight is 486 g/mol. The second-order valence-corrected chi connectivity index (χ2v) is 9.78. The van der Waals surface area contributed by atoms with Crippen LogP contribution in [0.15, 0.2) is 42.5 Å². The van der Waals surface area contributed by atoms with Crippen molar-refractivity contribution < 1.29 is 23.8 Å². The number of nitrogens with zero attached hydrogens (tertiary/aromatic N) is 1. The number of esters is 1. The van der Waals surface area contributed by atoms with Gasteiger partial charge in [0.25, 0.3) is 0 Å². The Hall–Kier alpha value is -2.28. The highest BCUT2D eigenvalue weighted by atomic mass is 19.1. The Balaban J connectivity index is 1.45. The van der Waals surface area contributed by atoms with Crippen LogP contribution in [0.4, 0.5) is 4.39 Å². The van der Waals surface area contributed by atoms with E-state index in [-0.39, 0.29) is 30.4 Å². The van der Waals surface area contributed by atoms with Gasteiger partial charge in [0.1, 0.15) is 5.82 Å². The van der Waals surface area contributed by atoms with E-state index < -0.39 is 6.10 Å². The number of ether oxygens (including phenoxy) is 2. The molecule has 0 saturated carbocycles. The monoisotopic (exact) mass is 485 g/mol. The van der Waals surface area contributed by atoms with E-state index in [9.17, 15) is 14.3 Å². The summed E-state index contributed by atoms with van der Waals surface area (Å²) in [5, 5.41) is 10.6. The van der Waals surface area contributed by atoms with Crippen molar-refractivity contribution in [3.8, 4) is 0 Å². The average Bonchev–Trinajstić information content (AvgIpc) is 3.26. The van der Waals surface area contributed by atoms with Crippen molar-refractivity contribution in [2.45, 2.75) is 77.5 Å². The van der Waals surface area contributed by atoms with Crippen LogP contribution in [0.3, 0.4) is 0 Å². The van der Waals surface area contributed by atoms with E-state index in [1.807, 2.05) is 57.2 Å². The van der Waals surface area contributed by atoms with E-state index in [1.54, 1.807) is 13.0 Å². The van der Waals surface area contributed by atoms with E-state index in [4.69, 9.17) is 9.47 Å². The molecule has 3 rings (SSSR count). The number of hydrogen-bond acceptors (Lipinski definition) is 5. The Bertz CT molecular complexity index is 948. The summed E-state index contributed by atoms with van der Waals surface area (Å²) >= 11 is 0. The Kier molecular flexibility index (Phi) is 10.3. The number of likely N-dealkylation sites (tertiary alicyclic amines) is 1. The van der Waals surface area contributed by atoms with Crippen LogP contribution >= 0.6 is 0 Å². The fraction of sp³-hybridized carbons (Fsp3) is 0.552. The van der Waals surface area contributed by atoms with Crippen LogP contribution in [0.2, 0.25) is 0 Å². The molecule has 1 aliphatic heterocycles. The normalized spacial score (nSPS) is 18.9. The largest absolute Gasteiger partial charge is 0.466 e. The van der Waals surface area contributed by atoms with Gasteiger partial charge in [0, 0.05) is 12.6 Å². The topological polar surface area (TPSA) is 59.0 Å². The number of rotatable bonds is 12. The molecule has 1 N–H and O–H groups in total. The van der Waals surface area contributed by atoms with Gasteiger partial charge in [0.05, 0.1) is 31.8 Å². The van der Waals surface area contributed by atoms with E-state index in [2.05, 4.69) is 4.90 Å². The zero-order chi connectivity index (χ0) is 25.4. The Labute approximate surface area is 209 Å². The highest BCUT2D eigenvalue weighted by Crippen LogP contribution is 2.25. The van der Waals surface area contributed by atoms with Gasteiger partial charge in [-0.1, -0.05) is 43.3 Å². The lowest BCUT2D eigenvalue weighted by Gasteiger charge is -2.27. The van der Waals surface area contributed by atoms with Gasteiger partial charge in [-0.2, -0.15) is 0 Å². The molecule has 1 unspecified atom stereocenters. The number of benzene rings is 2. The molecular weight excluding hydrogens is 445 g/mol. The molecule has 0 radical (unpaired) electrons. The van der Waals surface area contributed by atoms with Crippen molar-refractivity contribution in [1.29, 1.82) is 0 Å². The first-order chi connectivity index (χ1) is 16.8. The molecule has 0 bridgehead atoms. The van der Waals surface area contributed by atoms with E-state index in [0.717, 1.165) is 42.5 Å². The lowest BCUT2D eigenvalue weighted by atomic mass is 9.96. The van der Waals surface area contributed by atoms with Gasteiger partial charge in [-0.15, -0.1) is 0 Å². The van der Waals surface area contributed by atoms with Crippen LogP contribution in [0, 0.1) is 12.7 Å². The van der Waals surface area contributed by atoms with Crippen molar-refractivity contribution in [2.75, 3.05) is 26.3 Å². The van der Waals surface area contributed by atoms with Crippen LogP contribution in [0.5, 0.6) is 0 Å². The molecule has 4 atom stereocenters. The van der Waals surface area contributed by atoms with Gasteiger partial charge in [-0.3, -0.25) is 9.69 Å². The van der Waals surface area contributed by atoms with Crippen molar-refractivity contribution in [3.63, 3.8) is 0 Å². The number of carbonyl (C=O) groups is 1. The molecule has 1 saturated heterocycles. The van der Waals surface area contributed by atoms with Crippen LogP contribution < -0.4 is 0 Å². The first kappa shape index (κ1) is 27.3. The minimum absolute atomic E-state index is 0.0888. The smallest absolute Gasteiger partial charge is 0.306 e. The van der Waals surface area contributed by atoms with Crippen molar-refractivity contribution in [1.82, 2.24) is 4.90 Å². The standard InChI is InChI=1S/C29H40FNO4/c1-5-34-29(33)15-21(3)24-10-12-25(13-11-24)22(4)35-19-27(32)18-31-14-6-7-26(31)16-23-9-8-20(2)28(30)17-23/h8-13,17,21-22,26-27,32H,5-7,14-16,18-19H2,1-4H3/t21?,22-,26+,27-/m1/s1. The lowest BCUT2D eigenvalue weighted by molar-refractivity contribution is -0.143. The molecule has 2 aromatic rings. The molecule has 192 valence electrons. The van der Waals surface area contributed by atoms with E-state index >= 15 is 0 Å². The molecule has 1 aliphatic rings. The molecule has 5 nitrogen and oxygen atoms in total. The predicted molar refractivity (Wildman–Crippen MR) is 136 cm³/mol. The number of aliphatic hydroxyl groups excluding tert-OH is 1. The molecule has 0 aliphatic carbocycles. The van der Waals surface area contributed by atoms with Gasteiger partial charge in [-0.25, -0.2) is 4.39 Å². The molecule has 0 amide bonds. The number of aryl methyl sites for hydroxylation is 1. The third kappa shape index (κ3) is 8.13. The Morgan fingerprint density at radius 3 is 2.57 bits per heavy atom. The van der Waals surface area contributed by atoms with Gasteiger partial charge >= 0.3 is 5.97 Å². The zero-order valence-corrected chi connectivity index (χ0v) is 21.5. The van der Waals surface area contributed by atoms with Crippen LogP contribution in [-0.2, 0) is 20.7 Å². The molecule has 1 fully saturated rings. The predicted octanol–water partition coefficient (Wildman–Crippen LogP) is 5.34. The van der Waals surface area contributed by atoms with Gasteiger partial charge in [0.15, 0.2) is 0 Å². The first-order valence-corrected chi connectivity index (χ1v) is 12.8. The SMILES string of the molecule is CCOC(=O)CC(C)c1ccc([C@@H](C)OC[C@H](O)CN2CCC[C@H]2Cc2ccc(C)c(F)c2)cc1. The molecule has 6 heteroatoms. The van der Waals surface area contributed by atoms with E-state index in [1.165, 1.54) is 0 Å². The number of carbonyl (C=O) groups excluding carboxylic acids is 1. The molecule has 0 spiro atoms. The minimum atomic E-state index is -0.586. The Morgan fingerprint density at radius 2 is 1.89 bits per heavy atom. The highest BCUT2D eigenvalue weighted by Gasteiger charge is 2.27. The van der Waals surface area contributed by atoms with E-state index in [0.29, 0.717) is 31.2 Å². The second-order valence-electron chi connectivity index (χ2n) is 9.78. The van der Waals surface area contributed by atoms with Gasteiger partial charge in [0.2, 0.25) is 0 Å². The maximum Gasteiger partial charge on any atom is 0.306 e. The van der Waals surface area contributed by atoms with Crippen molar-refractivity contribution in [3.05, 3.63) is 70.5 Å². The van der Waals surface area contributed by atoms with Gasteiger partial charge < -0.3 is 14.6 Å². The Morgan fingerprint density at radius 1 is 1.17 bits per heavy atom. The molecule has 1 heterocycles. The van der Waals surface area contributed by atoms with Gasteiger partial charge in [-0.05, 0) is 80.8 Å². The number of halogens is 1.